The minimum atomic E-state index is -4.43. The Morgan fingerprint density at radius 3 is 2.69 bits per heavy atom. The van der Waals surface area contributed by atoms with Crippen molar-refractivity contribution < 1.29 is 27.2 Å². The molecule has 146 valence electrons. The number of amides is 1. The maximum Gasteiger partial charge on any atom is 0.393 e. The van der Waals surface area contributed by atoms with Gasteiger partial charge in [-0.3, -0.25) is 9.69 Å². The van der Waals surface area contributed by atoms with Crippen molar-refractivity contribution >= 4 is 5.91 Å². The lowest BCUT2D eigenvalue weighted by atomic mass is 9.91. The Kier molecular flexibility index (Phi) is 5.04. The number of aryl methyl sites for hydroxylation is 1. The van der Waals surface area contributed by atoms with Gasteiger partial charge in [0.25, 0.3) is 0 Å². The van der Waals surface area contributed by atoms with Crippen LogP contribution in [0.1, 0.15) is 25.3 Å². The Hall–Kier alpha value is -1.61. The van der Waals surface area contributed by atoms with Gasteiger partial charge in [-0.05, 0) is 20.8 Å². The van der Waals surface area contributed by atoms with E-state index in [-0.39, 0.29) is 19.6 Å². The molecular weight excluding hydrogens is 351 g/mol. The predicted octanol–water partition coefficient (Wildman–Crippen LogP) is 2.23. The topological polar surface area (TPSA) is 58.8 Å². The molecule has 3 rings (SSSR count). The smallest absolute Gasteiger partial charge is 0.377 e. The van der Waals surface area contributed by atoms with E-state index in [1.54, 1.807) is 22.8 Å². The van der Waals surface area contributed by atoms with Gasteiger partial charge in [0.2, 0.25) is 5.91 Å². The summed E-state index contributed by atoms with van der Waals surface area (Å²) in [4.78, 5) is 16.2. The number of halogens is 3. The van der Waals surface area contributed by atoms with Gasteiger partial charge in [0, 0.05) is 32.2 Å². The molecule has 2 fully saturated rings. The number of hydrogen-bond acceptors (Lipinski definition) is 5. The molecule has 0 N–H and O–H groups in total. The van der Waals surface area contributed by atoms with E-state index in [9.17, 15) is 18.0 Å². The molecule has 6 nitrogen and oxygen atoms in total. The molecule has 0 spiro atoms. The van der Waals surface area contributed by atoms with E-state index in [1.165, 1.54) is 0 Å². The Morgan fingerprint density at radius 2 is 2.12 bits per heavy atom. The molecule has 0 aromatic carbocycles. The number of nitrogens with zero attached hydrogens (tertiary/aromatic N) is 3. The summed E-state index contributed by atoms with van der Waals surface area (Å²) in [7, 11) is 0. The molecule has 0 radical (unpaired) electrons. The SMILES string of the molecule is Cc1cc(CN2C[C@H](C(=O)N3CCOCC3(C)C)[C@@H](C(F)(F)F)C2)no1. The zero-order valence-corrected chi connectivity index (χ0v) is 15.2. The van der Waals surface area contributed by atoms with Gasteiger partial charge < -0.3 is 14.2 Å². The molecule has 1 aromatic rings. The monoisotopic (exact) mass is 375 g/mol. The molecule has 9 heteroatoms. The van der Waals surface area contributed by atoms with Gasteiger partial charge in [0.15, 0.2) is 0 Å². The van der Waals surface area contributed by atoms with Crippen LogP contribution in [0.25, 0.3) is 0 Å². The molecule has 26 heavy (non-hydrogen) atoms. The van der Waals surface area contributed by atoms with E-state index in [4.69, 9.17) is 9.26 Å². The van der Waals surface area contributed by atoms with Gasteiger partial charge in [-0.2, -0.15) is 13.2 Å². The van der Waals surface area contributed by atoms with Crippen LogP contribution in [0.15, 0.2) is 10.6 Å². The number of ether oxygens (including phenoxy) is 1. The Morgan fingerprint density at radius 1 is 1.38 bits per heavy atom. The maximum atomic E-state index is 13.6. The first-order valence-corrected chi connectivity index (χ1v) is 8.68. The third-order valence-electron chi connectivity index (χ3n) is 5.11. The Balaban J connectivity index is 1.77. The fourth-order valence-corrected chi connectivity index (χ4v) is 3.78. The molecule has 2 aliphatic rings. The summed E-state index contributed by atoms with van der Waals surface area (Å²) in [6.07, 6.45) is -4.43. The van der Waals surface area contributed by atoms with Gasteiger partial charge >= 0.3 is 6.18 Å². The van der Waals surface area contributed by atoms with Gasteiger partial charge in [-0.1, -0.05) is 5.16 Å². The summed E-state index contributed by atoms with van der Waals surface area (Å²) in [5.74, 6) is -2.63. The van der Waals surface area contributed by atoms with Crippen LogP contribution in [0.2, 0.25) is 0 Å². The highest BCUT2D eigenvalue weighted by Crippen LogP contribution is 2.40. The third kappa shape index (κ3) is 3.88. The molecular formula is C17H24F3N3O3. The highest BCUT2D eigenvalue weighted by molar-refractivity contribution is 5.80. The number of morpholine rings is 1. The highest BCUT2D eigenvalue weighted by Gasteiger charge is 2.54. The highest BCUT2D eigenvalue weighted by atomic mass is 19.4. The number of alkyl halides is 3. The van der Waals surface area contributed by atoms with Crippen LogP contribution in [0.3, 0.4) is 0 Å². The summed E-state index contributed by atoms with van der Waals surface area (Å²) in [6, 6.07) is 1.70. The van der Waals surface area contributed by atoms with Crippen LogP contribution in [0, 0.1) is 18.8 Å². The summed E-state index contributed by atoms with van der Waals surface area (Å²) >= 11 is 0. The fraction of sp³-hybridized carbons (Fsp3) is 0.765. The maximum absolute atomic E-state index is 13.6. The van der Waals surface area contributed by atoms with Crippen molar-refractivity contribution in [2.45, 2.75) is 39.0 Å². The van der Waals surface area contributed by atoms with E-state index >= 15 is 0 Å². The number of carbonyl (C=O) groups excluding carboxylic acids is 1. The van der Waals surface area contributed by atoms with Crippen LogP contribution in [0.5, 0.6) is 0 Å². The van der Waals surface area contributed by atoms with Gasteiger partial charge in [-0.15, -0.1) is 0 Å². The molecule has 3 heterocycles. The normalized spacial score (nSPS) is 27.1. The van der Waals surface area contributed by atoms with Gasteiger partial charge in [0.05, 0.1) is 36.3 Å². The zero-order chi connectivity index (χ0) is 19.1. The molecule has 2 aliphatic heterocycles. The van der Waals surface area contributed by atoms with Crippen molar-refractivity contribution in [2.75, 3.05) is 32.8 Å². The third-order valence-corrected chi connectivity index (χ3v) is 5.11. The summed E-state index contributed by atoms with van der Waals surface area (Å²) < 4.78 is 51.1. The van der Waals surface area contributed by atoms with E-state index in [0.29, 0.717) is 31.2 Å². The lowest BCUT2D eigenvalue weighted by Crippen LogP contribution is -2.58. The number of aromatic nitrogens is 1. The molecule has 1 amide bonds. The average Bonchev–Trinajstić information content (AvgIpc) is 3.13. The van der Waals surface area contributed by atoms with Crippen molar-refractivity contribution in [2.24, 2.45) is 11.8 Å². The largest absolute Gasteiger partial charge is 0.393 e. The lowest BCUT2D eigenvalue weighted by molar-refractivity contribution is -0.189. The van der Waals surface area contributed by atoms with Crippen molar-refractivity contribution in [1.29, 1.82) is 0 Å². The van der Waals surface area contributed by atoms with Crippen LogP contribution in [0.4, 0.5) is 13.2 Å². The molecule has 2 atom stereocenters. The molecule has 2 saturated heterocycles. The summed E-state index contributed by atoms with van der Waals surface area (Å²) in [5, 5.41) is 3.84. The molecule has 0 unspecified atom stereocenters. The second kappa shape index (κ2) is 6.84. The van der Waals surface area contributed by atoms with E-state index < -0.39 is 29.5 Å². The molecule has 1 aromatic heterocycles. The van der Waals surface area contributed by atoms with Crippen LogP contribution >= 0.6 is 0 Å². The van der Waals surface area contributed by atoms with Crippen LogP contribution in [-0.2, 0) is 16.1 Å². The molecule has 0 saturated carbocycles. The Bertz CT molecular complexity index is 659. The second-order valence-corrected chi connectivity index (χ2v) is 7.73. The van der Waals surface area contributed by atoms with Crippen LogP contribution < -0.4 is 0 Å². The number of carbonyl (C=O) groups is 1. The van der Waals surface area contributed by atoms with E-state index in [2.05, 4.69) is 5.16 Å². The first kappa shape index (κ1) is 19.2. The van der Waals surface area contributed by atoms with E-state index in [1.807, 2.05) is 13.8 Å². The minimum Gasteiger partial charge on any atom is -0.377 e. The quantitative estimate of drug-likeness (QED) is 0.811. The predicted molar refractivity (Wildman–Crippen MR) is 86.2 cm³/mol. The average molecular weight is 375 g/mol. The number of hydrogen-bond donors (Lipinski definition) is 0. The van der Waals surface area contributed by atoms with Crippen molar-refractivity contribution in [3.8, 4) is 0 Å². The van der Waals surface area contributed by atoms with E-state index in [0.717, 1.165) is 0 Å². The zero-order valence-electron chi connectivity index (χ0n) is 15.2. The van der Waals surface area contributed by atoms with Crippen LogP contribution in [-0.4, -0.2) is 65.4 Å². The van der Waals surface area contributed by atoms with Crippen molar-refractivity contribution in [3.05, 3.63) is 17.5 Å². The number of likely N-dealkylation sites (tertiary alicyclic amines) is 1. The fourth-order valence-electron chi connectivity index (χ4n) is 3.78. The standard InChI is InChI=1S/C17H24F3N3O3/c1-11-6-12(21-26-11)7-22-8-13(14(9-22)17(18,19)20)15(24)23-4-5-25-10-16(23,2)3/h6,13-14H,4-5,7-10H2,1-3H3/t13-,14-/m0/s1. The second-order valence-electron chi connectivity index (χ2n) is 7.73. The van der Waals surface area contributed by atoms with Gasteiger partial charge in [0.1, 0.15) is 5.76 Å². The first-order chi connectivity index (χ1) is 12.1. The minimum absolute atomic E-state index is 0.0579. The first-order valence-electron chi connectivity index (χ1n) is 8.68. The Labute approximate surface area is 150 Å². The lowest BCUT2D eigenvalue weighted by Gasteiger charge is -2.43. The summed E-state index contributed by atoms with van der Waals surface area (Å²) in [5.41, 5.74) is -0.0366. The molecule has 0 aliphatic carbocycles. The van der Waals surface area contributed by atoms with Gasteiger partial charge in [-0.25, -0.2) is 0 Å². The number of rotatable bonds is 3. The van der Waals surface area contributed by atoms with Crippen molar-refractivity contribution in [1.82, 2.24) is 15.0 Å². The summed E-state index contributed by atoms with van der Waals surface area (Å²) in [6.45, 7) is 6.43. The van der Waals surface area contributed by atoms with Crippen molar-refractivity contribution in [3.63, 3.8) is 0 Å². The molecule has 0 bridgehead atoms.